The molecule has 0 saturated heterocycles. The third kappa shape index (κ3) is 4.63. The van der Waals surface area contributed by atoms with Gasteiger partial charge in [-0.2, -0.15) is 0 Å². The third-order valence-electron chi connectivity index (χ3n) is 3.01. The summed E-state index contributed by atoms with van der Waals surface area (Å²) >= 11 is 1.73. The first kappa shape index (κ1) is 16.7. The van der Waals surface area contributed by atoms with Gasteiger partial charge in [0, 0.05) is 15.2 Å². The first-order valence-corrected chi connectivity index (χ1v) is 7.57. The highest BCUT2D eigenvalue weighted by Crippen LogP contribution is 2.25. The molecule has 2 N–H and O–H groups in total. The maximum absolute atomic E-state index is 11.9. The Balaban J connectivity index is 2.51. The first-order valence-electron chi connectivity index (χ1n) is 6.76. The fourth-order valence-corrected chi connectivity index (χ4v) is 2.90. The Labute approximate surface area is 125 Å². The summed E-state index contributed by atoms with van der Waals surface area (Å²) in [5.74, 6) is -0.291. The van der Waals surface area contributed by atoms with Crippen molar-refractivity contribution in [3.05, 3.63) is 21.4 Å². The van der Waals surface area contributed by atoms with Gasteiger partial charge < -0.3 is 10.6 Å². The minimum Gasteiger partial charge on any atom is -0.348 e. The van der Waals surface area contributed by atoms with Gasteiger partial charge in [-0.3, -0.25) is 9.59 Å². The molecule has 0 fully saturated rings. The Hall–Kier alpha value is -1.36. The van der Waals surface area contributed by atoms with Gasteiger partial charge in [0.1, 0.15) is 0 Å². The SMILES string of the molecule is Cc1cc([C@H](C)NC(=O)CNC(=O)C(C)(C)C)c(C)s1. The van der Waals surface area contributed by atoms with Crippen LogP contribution in [-0.4, -0.2) is 18.4 Å². The molecular weight excluding hydrogens is 272 g/mol. The maximum atomic E-state index is 11.9. The summed E-state index contributed by atoms with van der Waals surface area (Å²) < 4.78 is 0. The van der Waals surface area contributed by atoms with Gasteiger partial charge >= 0.3 is 0 Å². The van der Waals surface area contributed by atoms with Crippen LogP contribution in [-0.2, 0) is 9.59 Å². The first-order chi connectivity index (χ1) is 9.11. The van der Waals surface area contributed by atoms with Crippen LogP contribution in [0.15, 0.2) is 6.07 Å². The fraction of sp³-hybridized carbons (Fsp3) is 0.600. The van der Waals surface area contributed by atoms with Crippen LogP contribution in [0, 0.1) is 19.3 Å². The van der Waals surface area contributed by atoms with E-state index < -0.39 is 5.41 Å². The Morgan fingerprint density at radius 3 is 2.35 bits per heavy atom. The predicted molar refractivity (Wildman–Crippen MR) is 82.8 cm³/mol. The van der Waals surface area contributed by atoms with E-state index in [1.165, 1.54) is 9.75 Å². The van der Waals surface area contributed by atoms with Crippen molar-refractivity contribution in [2.24, 2.45) is 5.41 Å². The number of hydrogen-bond donors (Lipinski definition) is 2. The van der Waals surface area contributed by atoms with Gasteiger partial charge in [-0.15, -0.1) is 11.3 Å². The Morgan fingerprint density at radius 1 is 1.30 bits per heavy atom. The molecule has 1 aromatic rings. The zero-order chi connectivity index (χ0) is 15.5. The van der Waals surface area contributed by atoms with Gasteiger partial charge in [0.05, 0.1) is 12.6 Å². The zero-order valence-corrected chi connectivity index (χ0v) is 13.9. The van der Waals surface area contributed by atoms with Crippen LogP contribution < -0.4 is 10.6 Å². The number of hydrogen-bond acceptors (Lipinski definition) is 3. The van der Waals surface area contributed by atoms with Crippen molar-refractivity contribution in [2.75, 3.05) is 6.54 Å². The summed E-state index contributed by atoms with van der Waals surface area (Å²) in [4.78, 5) is 26.0. The average Bonchev–Trinajstić information content (AvgIpc) is 2.64. The van der Waals surface area contributed by atoms with Gasteiger partial charge in [0.25, 0.3) is 0 Å². The number of carbonyl (C=O) groups is 2. The van der Waals surface area contributed by atoms with Crippen LogP contribution >= 0.6 is 11.3 Å². The highest BCUT2D eigenvalue weighted by atomic mass is 32.1. The standard InChI is InChI=1S/C15H24N2O2S/c1-9-7-12(11(3)20-9)10(2)17-13(18)8-16-14(19)15(4,5)6/h7,10H,8H2,1-6H3,(H,16,19)(H,17,18)/t10-/m0/s1. The lowest BCUT2D eigenvalue weighted by Gasteiger charge is -2.18. The number of nitrogens with one attached hydrogen (secondary N) is 2. The van der Waals surface area contributed by atoms with Gasteiger partial charge in [-0.1, -0.05) is 20.8 Å². The highest BCUT2D eigenvalue weighted by molar-refractivity contribution is 7.12. The van der Waals surface area contributed by atoms with E-state index in [4.69, 9.17) is 0 Å². The molecule has 1 rings (SSSR count). The summed E-state index contributed by atoms with van der Waals surface area (Å²) in [5.41, 5.74) is 0.662. The Morgan fingerprint density at radius 2 is 1.90 bits per heavy atom. The number of carbonyl (C=O) groups excluding carboxylic acids is 2. The average molecular weight is 296 g/mol. The molecular formula is C15H24N2O2S. The molecule has 2 amide bonds. The summed E-state index contributed by atoms with van der Waals surface area (Å²) in [5, 5.41) is 5.56. The molecule has 0 spiro atoms. The van der Waals surface area contributed by atoms with E-state index in [0.717, 1.165) is 5.56 Å². The molecule has 1 heterocycles. The van der Waals surface area contributed by atoms with Crippen LogP contribution in [0.3, 0.4) is 0 Å². The molecule has 4 nitrogen and oxygen atoms in total. The van der Waals surface area contributed by atoms with Gasteiger partial charge in [0.15, 0.2) is 0 Å². The van der Waals surface area contributed by atoms with Crippen molar-refractivity contribution in [3.63, 3.8) is 0 Å². The number of thiophene rings is 1. The van der Waals surface area contributed by atoms with Crippen LogP contribution in [0.5, 0.6) is 0 Å². The lowest BCUT2D eigenvalue weighted by atomic mass is 9.96. The smallest absolute Gasteiger partial charge is 0.239 e. The molecule has 0 aliphatic rings. The van der Waals surface area contributed by atoms with E-state index in [9.17, 15) is 9.59 Å². The van der Waals surface area contributed by atoms with E-state index in [1.54, 1.807) is 11.3 Å². The van der Waals surface area contributed by atoms with Crippen LogP contribution in [0.25, 0.3) is 0 Å². The summed E-state index contributed by atoms with van der Waals surface area (Å²) in [7, 11) is 0. The molecule has 0 saturated carbocycles. The molecule has 0 aliphatic carbocycles. The van der Waals surface area contributed by atoms with E-state index in [2.05, 4.69) is 30.5 Å². The molecule has 0 bridgehead atoms. The van der Waals surface area contributed by atoms with Crippen molar-refractivity contribution in [2.45, 2.75) is 47.6 Å². The largest absolute Gasteiger partial charge is 0.348 e. The molecule has 0 unspecified atom stereocenters. The molecule has 0 radical (unpaired) electrons. The number of amides is 2. The Kier molecular flexibility index (Phi) is 5.34. The minimum absolute atomic E-state index is 0.0165. The predicted octanol–water partition coefficient (Wildman–Crippen LogP) is 2.70. The van der Waals surface area contributed by atoms with Crippen LogP contribution in [0.2, 0.25) is 0 Å². The van der Waals surface area contributed by atoms with Gasteiger partial charge in [0.2, 0.25) is 11.8 Å². The van der Waals surface area contributed by atoms with Gasteiger partial charge in [-0.05, 0) is 32.4 Å². The minimum atomic E-state index is -0.479. The van der Waals surface area contributed by atoms with Crippen molar-refractivity contribution >= 4 is 23.2 Å². The van der Waals surface area contributed by atoms with Crippen molar-refractivity contribution < 1.29 is 9.59 Å². The van der Waals surface area contributed by atoms with Crippen LogP contribution in [0.4, 0.5) is 0 Å². The lowest BCUT2D eigenvalue weighted by molar-refractivity contribution is -0.131. The second-order valence-electron chi connectivity index (χ2n) is 6.09. The molecule has 1 atom stereocenters. The fourth-order valence-electron chi connectivity index (χ4n) is 1.88. The van der Waals surface area contributed by atoms with E-state index >= 15 is 0 Å². The summed E-state index contributed by atoms with van der Waals surface area (Å²) in [6, 6.07) is 2.05. The Bertz CT molecular complexity index is 500. The van der Waals surface area contributed by atoms with E-state index in [1.807, 2.05) is 27.7 Å². The monoisotopic (exact) mass is 296 g/mol. The van der Waals surface area contributed by atoms with Crippen molar-refractivity contribution in [1.29, 1.82) is 0 Å². The summed E-state index contributed by atoms with van der Waals surface area (Å²) in [6.45, 7) is 11.5. The summed E-state index contributed by atoms with van der Waals surface area (Å²) in [6.07, 6.45) is 0. The van der Waals surface area contributed by atoms with E-state index in [0.29, 0.717) is 0 Å². The van der Waals surface area contributed by atoms with Crippen molar-refractivity contribution in [3.8, 4) is 0 Å². The third-order valence-corrected chi connectivity index (χ3v) is 4.00. The zero-order valence-electron chi connectivity index (χ0n) is 13.1. The molecule has 0 aliphatic heterocycles. The molecule has 5 heteroatoms. The molecule has 112 valence electrons. The molecule has 1 aromatic heterocycles. The van der Waals surface area contributed by atoms with Crippen molar-refractivity contribution in [1.82, 2.24) is 10.6 Å². The highest BCUT2D eigenvalue weighted by Gasteiger charge is 2.22. The quantitative estimate of drug-likeness (QED) is 0.897. The maximum Gasteiger partial charge on any atom is 0.239 e. The number of aryl methyl sites for hydroxylation is 2. The van der Waals surface area contributed by atoms with Crippen LogP contribution in [0.1, 0.15) is 49.1 Å². The molecule has 20 heavy (non-hydrogen) atoms. The second kappa shape index (κ2) is 6.39. The van der Waals surface area contributed by atoms with E-state index in [-0.39, 0.29) is 24.4 Å². The second-order valence-corrected chi connectivity index (χ2v) is 7.55. The number of rotatable bonds is 4. The molecule has 0 aromatic carbocycles. The normalized spacial score (nSPS) is 12.9. The lowest BCUT2D eigenvalue weighted by Crippen LogP contribution is -2.42. The topological polar surface area (TPSA) is 58.2 Å². The van der Waals surface area contributed by atoms with Gasteiger partial charge in [-0.25, -0.2) is 0 Å².